The van der Waals surface area contributed by atoms with Crippen LogP contribution in [0.1, 0.15) is 49.1 Å². The molecule has 0 radical (unpaired) electrons. The first-order chi connectivity index (χ1) is 15.1. The SMILES string of the molecule is O=S(=O)(c1ccc(C2CCCCC2)cc1)N1CCN(Cc2ccc3c(c2)OCO3)CC1. The van der Waals surface area contributed by atoms with Gasteiger partial charge in [0.05, 0.1) is 4.90 Å². The van der Waals surface area contributed by atoms with Crippen LogP contribution < -0.4 is 9.47 Å². The summed E-state index contributed by atoms with van der Waals surface area (Å²) in [6, 6.07) is 13.7. The van der Waals surface area contributed by atoms with E-state index in [-0.39, 0.29) is 6.79 Å². The second-order valence-electron chi connectivity index (χ2n) is 8.77. The first kappa shape index (κ1) is 20.8. The molecule has 2 heterocycles. The maximum Gasteiger partial charge on any atom is 0.243 e. The highest BCUT2D eigenvalue weighted by Gasteiger charge is 2.29. The van der Waals surface area contributed by atoms with Crippen molar-refractivity contribution in [3.63, 3.8) is 0 Å². The standard InChI is InChI=1S/C24H30N2O4S/c27-31(28,22-9-7-21(8-10-22)20-4-2-1-3-5-20)26-14-12-25(13-15-26)17-19-6-11-23-24(16-19)30-18-29-23/h6-11,16,20H,1-5,12-15,17-18H2. The first-order valence-corrected chi connectivity index (χ1v) is 12.7. The van der Waals surface area contributed by atoms with Crippen LogP contribution in [0.5, 0.6) is 11.5 Å². The van der Waals surface area contributed by atoms with E-state index in [4.69, 9.17) is 9.47 Å². The number of sulfonamides is 1. The molecule has 0 amide bonds. The Kier molecular flexibility index (Phi) is 5.91. The van der Waals surface area contributed by atoms with Crippen molar-refractivity contribution >= 4 is 10.0 Å². The minimum Gasteiger partial charge on any atom is -0.454 e. The monoisotopic (exact) mass is 442 g/mol. The number of hydrogen-bond acceptors (Lipinski definition) is 5. The molecule has 6 nitrogen and oxygen atoms in total. The highest BCUT2D eigenvalue weighted by atomic mass is 32.2. The normalized spacial score (nSPS) is 20.8. The number of nitrogens with zero attached hydrogens (tertiary/aromatic N) is 2. The Morgan fingerprint density at radius 2 is 1.55 bits per heavy atom. The van der Waals surface area contributed by atoms with E-state index >= 15 is 0 Å². The molecule has 7 heteroatoms. The van der Waals surface area contributed by atoms with Gasteiger partial charge in [0.15, 0.2) is 11.5 Å². The first-order valence-electron chi connectivity index (χ1n) is 11.3. The van der Waals surface area contributed by atoms with E-state index in [1.807, 2.05) is 30.3 Å². The Balaban J connectivity index is 1.19. The number of ether oxygens (including phenoxy) is 2. The van der Waals surface area contributed by atoms with E-state index in [1.54, 1.807) is 16.4 Å². The maximum atomic E-state index is 13.1. The van der Waals surface area contributed by atoms with Crippen LogP contribution in [0.2, 0.25) is 0 Å². The molecule has 1 saturated heterocycles. The third-order valence-corrected chi connectivity index (χ3v) is 8.68. The Labute approximate surface area is 184 Å². The average molecular weight is 443 g/mol. The van der Waals surface area contributed by atoms with Gasteiger partial charge in [-0.05, 0) is 54.2 Å². The summed E-state index contributed by atoms with van der Waals surface area (Å²) >= 11 is 0. The van der Waals surface area contributed by atoms with Crippen LogP contribution in [0.25, 0.3) is 0 Å². The van der Waals surface area contributed by atoms with E-state index in [1.165, 1.54) is 37.7 Å². The molecule has 3 aliphatic rings. The van der Waals surface area contributed by atoms with Crippen LogP contribution in [-0.2, 0) is 16.6 Å². The van der Waals surface area contributed by atoms with Crippen molar-refractivity contribution in [2.24, 2.45) is 0 Å². The van der Waals surface area contributed by atoms with Crippen LogP contribution in [0.4, 0.5) is 0 Å². The summed E-state index contributed by atoms with van der Waals surface area (Å²) in [4.78, 5) is 2.70. The zero-order chi connectivity index (χ0) is 21.3. The molecule has 166 valence electrons. The second kappa shape index (κ2) is 8.81. The molecule has 31 heavy (non-hydrogen) atoms. The van der Waals surface area contributed by atoms with Gasteiger partial charge in [0.1, 0.15) is 0 Å². The fourth-order valence-corrected chi connectivity index (χ4v) is 6.34. The molecule has 0 atom stereocenters. The molecule has 0 N–H and O–H groups in total. The Morgan fingerprint density at radius 1 is 0.839 bits per heavy atom. The van der Waals surface area contributed by atoms with Gasteiger partial charge in [-0.2, -0.15) is 4.31 Å². The van der Waals surface area contributed by atoms with Gasteiger partial charge >= 0.3 is 0 Å². The molecule has 2 aromatic rings. The maximum absolute atomic E-state index is 13.1. The minimum atomic E-state index is -3.44. The predicted octanol–water partition coefficient (Wildman–Crippen LogP) is 3.97. The lowest BCUT2D eigenvalue weighted by Crippen LogP contribution is -2.48. The molecule has 1 aliphatic carbocycles. The van der Waals surface area contributed by atoms with Crippen molar-refractivity contribution in [3.8, 4) is 11.5 Å². The summed E-state index contributed by atoms with van der Waals surface area (Å²) < 4.78 is 38.7. The molecule has 0 unspecified atom stereocenters. The highest BCUT2D eigenvalue weighted by molar-refractivity contribution is 7.89. The van der Waals surface area contributed by atoms with Crippen molar-refractivity contribution in [2.75, 3.05) is 33.0 Å². The van der Waals surface area contributed by atoms with Gasteiger partial charge in [-0.3, -0.25) is 4.90 Å². The van der Waals surface area contributed by atoms with Crippen LogP contribution in [0.3, 0.4) is 0 Å². The van der Waals surface area contributed by atoms with Gasteiger partial charge in [-0.25, -0.2) is 8.42 Å². The van der Waals surface area contributed by atoms with Crippen molar-refractivity contribution in [2.45, 2.75) is 49.5 Å². The predicted molar refractivity (Wildman–Crippen MR) is 119 cm³/mol. The van der Waals surface area contributed by atoms with Gasteiger partial charge in [-0.15, -0.1) is 0 Å². The van der Waals surface area contributed by atoms with Gasteiger partial charge in [0.25, 0.3) is 0 Å². The molecule has 5 rings (SSSR count). The number of benzene rings is 2. The van der Waals surface area contributed by atoms with Crippen molar-refractivity contribution in [3.05, 3.63) is 53.6 Å². The zero-order valence-electron chi connectivity index (χ0n) is 17.8. The van der Waals surface area contributed by atoms with E-state index < -0.39 is 10.0 Å². The van der Waals surface area contributed by atoms with Crippen LogP contribution in [0.15, 0.2) is 47.4 Å². The van der Waals surface area contributed by atoms with Crippen molar-refractivity contribution in [1.82, 2.24) is 9.21 Å². The summed E-state index contributed by atoms with van der Waals surface area (Å²) in [6.07, 6.45) is 6.32. The van der Waals surface area contributed by atoms with Gasteiger partial charge < -0.3 is 9.47 Å². The Hall–Kier alpha value is -2.09. The van der Waals surface area contributed by atoms with Crippen molar-refractivity contribution in [1.29, 1.82) is 0 Å². The summed E-state index contributed by atoms with van der Waals surface area (Å²) in [5.74, 6) is 2.16. The fraction of sp³-hybridized carbons (Fsp3) is 0.500. The second-order valence-corrected chi connectivity index (χ2v) is 10.7. The Bertz CT molecular complexity index is 1010. The fourth-order valence-electron chi connectivity index (χ4n) is 4.92. The smallest absolute Gasteiger partial charge is 0.243 e. The summed E-state index contributed by atoms with van der Waals surface area (Å²) in [7, 11) is -3.44. The largest absolute Gasteiger partial charge is 0.454 e. The van der Waals surface area contributed by atoms with Crippen LogP contribution in [-0.4, -0.2) is 50.6 Å². The lowest BCUT2D eigenvalue weighted by Gasteiger charge is -2.34. The number of hydrogen-bond donors (Lipinski definition) is 0. The quantitative estimate of drug-likeness (QED) is 0.701. The third-order valence-electron chi connectivity index (χ3n) is 6.77. The van der Waals surface area contributed by atoms with Crippen LogP contribution >= 0.6 is 0 Å². The summed E-state index contributed by atoms with van der Waals surface area (Å²) in [5.41, 5.74) is 2.44. The third kappa shape index (κ3) is 4.45. The Morgan fingerprint density at radius 3 is 2.29 bits per heavy atom. The molecule has 2 fully saturated rings. The van der Waals surface area contributed by atoms with Crippen LogP contribution in [0, 0.1) is 0 Å². The molecule has 2 aromatic carbocycles. The topological polar surface area (TPSA) is 59.1 Å². The highest BCUT2D eigenvalue weighted by Crippen LogP contribution is 2.34. The van der Waals surface area contributed by atoms with E-state index in [2.05, 4.69) is 4.90 Å². The molecule has 0 aromatic heterocycles. The molecule has 0 bridgehead atoms. The lowest BCUT2D eigenvalue weighted by atomic mass is 9.84. The zero-order valence-corrected chi connectivity index (χ0v) is 18.6. The number of fused-ring (bicyclic) bond motifs is 1. The molecular formula is C24H30N2O4S. The number of rotatable bonds is 5. The summed E-state index contributed by atoms with van der Waals surface area (Å²) in [6.45, 7) is 3.51. The summed E-state index contributed by atoms with van der Waals surface area (Å²) in [5, 5.41) is 0. The van der Waals surface area contributed by atoms with E-state index in [9.17, 15) is 8.42 Å². The number of piperazine rings is 1. The van der Waals surface area contributed by atoms with Crippen molar-refractivity contribution < 1.29 is 17.9 Å². The average Bonchev–Trinajstić information content (AvgIpc) is 3.28. The molecule has 2 aliphatic heterocycles. The molecule has 1 saturated carbocycles. The molecular weight excluding hydrogens is 412 g/mol. The van der Waals surface area contributed by atoms with Gasteiger partial charge in [-0.1, -0.05) is 37.5 Å². The van der Waals surface area contributed by atoms with E-state index in [0.29, 0.717) is 37.0 Å². The van der Waals surface area contributed by atoms with Gasteiger partial charge in [0, 0.05) is 32.7 Å². The van der Waals surface area contributed by atoms with Gasteiger partial charge in [0.2, 0.25) is 16.8 Å². The molecule has 0 spiro atoms. The minimum absolute atomic E-state index is 0.275. The lowest BCUT2D eigenvalue weighted by molar-refractivity contribution is 0.173. The van der Waals surface area contributed by atoms with E-state index in [0.717, 1.165) is 23.6 Å².